The number of nitrogens with zero attached hydrogens (tertiary/aromatic N) is 2. The second kappa shape index (κ2) is 6.68. The van der Waals surface area contributed by atoms with Gasteiger partial charge in [0.15, 0.2) is 0 Å². The first-order valence-electron chi connectivity index (χ1n) is 7.64. The molecule has 0 aliphatic carbocycles. The minimum absolute atomic E-state index is 0.0702. The van der Waals surface area contributed by atoms with Crippen molar-refractivity contribution >= 4 is 28.8 Å². The Morgan fingerprint density at radius 1 is 1.24 bits per heavy atom. The highest BCUT2D eigenvalue weighted by Crippen LogP contribution is 2.34. The number of nitrogens with one attached hydrogen (secondary N) is 1. The van der Waals surface area contributed by atoms with Gasteiger partial charge in [0, 0.05) is 23.0 Å². The molecule has 8 heteroatoms. The number of hydrogen-bond acceptors (Lipinski definition) is 6. The summed E-state index contributed by atoms with van der Waals surface area (Å²) in [6.45, 7) is 2.47. The molecule has 1 fully saturated rings. The predicted molar refractivity (Wildman–Crippen MR) is 92.8 cm³/mol. The second-order valence-corrected chi connectivity index (χ2v) is 5.54. The summed E-state index contributed by atoms with van der Waals surface area (Å²) in [4.78, 5) is 23.8. The number of rotatable bonds is 5. The van der Waals surface area contributed by atoms with E-state index in [0.29, 0.717) is 35.8 Å². The van der Waals surface area contributed by atoms with E-state index >= 15 is 0 Å². The molecule has 1 N–H and O–H groups in total. The third kappa shape index (κ3) is 3.32. The van der Waals surface area contributed by atoms with Gasteiger partial charge in [-0.15, -0.1) is 0 Å². The molecule has 0 radical (unpaired) electrons. The molecule has 0 unspecified atom stereocenters. The number of carbonyl (C=O) groups excluding carboxylic acids is 1. The Morgan fingerprint density at radius 3 is 2.56 bits per heavy atom. The average Bonchev–Trinajstić information content (AvgIpc) is 3.00. The topological polar surface area (TPSA) is 93.9 Å². The molecular formula is C17H17N3O5. The smallest absolute Gasteiger partial charge is 0.414 e. The van der Waals surface area contributed by atoms with Crippen molar-refractivity contribution in [2.75, 3.05) is 30.5 Å². The van der Waals surface area contributed by atoms with Crippen LogP contribution in [0.3, 0.4) is 0 Å². The monoisotopic (exact) mass is 343 g/mol. The Labute approximate surface area is 144 Å². The number of carbonyl (C=O) groups is 1. The molecule has 1 aliphatic heterocycles. The number of cyclic esters (lactones) is 1. The zero-order chi connectivity index (χ0) is 18.0. The second-order valence-electron chi connectivity index (χ2n) is 5.54. The van der Waals surface area contributed by atoms with Crippen LogP contribution in [0.5, 0.6) is 5.75 Å². The Morgan fingerprint density at radius 2 is 1.96 bits per heavy atom. The van der Waals surface area contributed by atoms with Gasteiger partial charge in [0.05, 0.1) is 24.3 Å². The van der Waals surface area contributed by atoms with Gasteiger partial charge in [-0.1, -0.05) is 0 Å². The first-order chi connectivity index (χ1) is 12.0. The SMILES string of the molecule is COc1ccc(Nc2ccc([N+](=O)[O-])c(C)c2)cc1N1CCOC1=O. The van der Waals surface area contributed by atoms with Crippen LogP contribution in [0, 0.1) is 17.0 Å². The lowest BCUT2D eigenvalue weighted by Crippen LogP contribution is -2.23. The number of anilines is 3. The van der Waals surface area contributed by atoms with Crippen LogP contribution in [-0.4, -0.2) is 31.3 Å². The maximum Gasteiger partial charge on any atom is 0.414 e. The summed E-state index contributed by atoms with van der Waals surface area (Å²) in [6.07, 6.45) is -0.415. The number of benzene rings is 2. The molecule has 1 aliphatic rings. The molecule has 1 heterocycles. The van der Waals surface area contributed by atoms with Crippen LogP contribution in [0.25, 0.3) is 0 Å². The normalized spacial score (nSPS) is 13.5. The largest absolute Gasteiger partial charge is 0.495 e. The summed E-state index contributed by atoms with van der Waals surface area (Å²) in [5.74, 6) is 0.560. The summed E-state index contributed by atoms with van der Waals surface area (Å²) < 4.78 is 10.3. The third-order valence-corrected chi connectivity index (χ3v) is 3.91. The standard InChI is InChI=1S/C17H17N3O5/c1-11-9-12(3-5-14(11)20(22)23)18-13-4-6-16(24-2)15(10-13)19-7-8-25-17(19)21/h3-6,9-10,18H,7-8H2,1-2H3. The lowest BCUT2D eigenvalue weighted by atomic mass is 10.1. The number of amides is 1. The number of hydrogen-bond donors (Lipinski definition) is 1. The minimum atomic E-state index is -0.415. The number of methoxy groups -OCH3 is 1. The van der Waals surface area contributed by atoms with Crippen LogP contribution in [0.2, 0.25) is 0 Å². The van der Waals surface area contributed by atoms with Crippen molar-refractivity contribution in [1.82, 2.24) is 0 Å². The van der Waals surface area contributed by atoms with Crippen molar-refractivity contribution in [2.24, 2.45) is 0 Å². The molecule has 0 atom stereocenters. The Balaban J connectivity index is 1.89. The van der Waals surface area contributed by atoms with Gasteiger partial charge in [-0.3, -0.25) is 15.0 Å². The van der Waals surface area contributed by atoms with Crippen molar-refractivity contribution < 1.29 is 19.2 Å². The van der Waals surface area contributed by atoms with E-state index < -0.39 is 11.0 Å². The fourth-order valence-corrected chi connectivity index (χ4v) is 2.70. The molecule has 0 bridgehead atoms. The lowest BCUT2D eigenvalue weighted by molar-refractivity contribution is -0.385. The number of nitro groups is 1. The maximum atomic E-state index is 11.8. The fraction of sp³-hybridized carbons (Fsp3) is 0.235. The average molecular weight is 343 g/mol. The summed E-state index contributed by atoms with van der Waals surface area (Å²) in [6, 6.07) is 10.1. The van der Waals surface area contributed by atoms with Gasteiger partial charge in [0.2, 0.25) is 0 Å². The summed E-state index contributed by atoms with van der Waals surface area (Å²) in [5.41, 5.74) is 2.67. The zero-order valence-electron chi connectivity index (χ0n) is 13.8. The van der Waals surface area contributed by atoms with Crippen molar-refractivity contribution in [3.8, 4) is 5.75 Å². The zero-order valence-corrected chi connectivity index (χ0v) is 13.8. The molecule has 8 nitrogen and oxygen atoms in total. The lowest BCUT2D eigenvalue weighted by Gasteiger charge is -2.18. The van der Waals surface area contributed by atoms with E-state index in [1.54, 1.807) is 37.3 Å². The highest BCUT2D eigenvalue weighted by molar-refractivity contribution is 5.92. The molecule has 2 aromatic carbocycles. The number of ether oxygens (including phenoxy) is 2. The van der Waals surface area contributed by atoms with E-state index in [1.807, 2.05) is 0 Å². The Kier molecular flexibility index (Phi) is 4.42. The van der Waals surface area contributed by atoms with Crippen LogP contribution in [-0.2, 0) is 4.74 Å². The molecule has 2 aromatic rings. The van der Waals surface area contributed by atoms with E-state index in [2.05, 4.69) is 5.32 Å². The fourth-order valence-electron chi connectivity index (χ4n) is 2.70. The van der Waals surface area contributed by atoms with Crippen LogP contribution in [0.4, 0.5) is 27.5 Å². The third-order valence-electron chi connectivity index (χ3n) is 3.91. The predicted octanol–water partition coefficient (Wildman–Crippen LogP) is 3.61. The van der Waals surface area contributed by atoms with Gasteiger partial charge in [-0.25, -0.2) is 4.79 Å². The highest BCUT2D eigenvalue weighted by Gasteiger charge is 2.26. The summed E-state index contributed by atoms with van der Waals surface area (Å²) in [7, 11) is 1.53. The number of nitro benzene ring substituents is 1. The van der Waals surface area contributed by atoms with Gasteiger partial charge in [0.25, 0.3) is 5.69 Å². The number of aryl methyl sites for hydroxylation is 1. The first kappa shape index (κ1) is 16.6. The Hall–Kier alpha value is -3.29. The minimum Gasteiger partial charge on any atom is -0.495 e. The van der Waals surface area contributed by atoms with Crippen LogP contribution in [0.15, 0.2) is 36.4 Å². The molecule has 0 saturated carbocycles. The molecule has 3 rings (SSSR count). The van der Waals surface area contributed by atoms with Crippen molar-refractivity contribution in [3.05, 3.63) is 52.1 Å². The van der Waals surface area contributed by atoms with E-state index in [-0.39, 0.29) is 5.69 Å². The molecule has 0 spiro atoms. The van der Waals surface area contributed by atoms with Gasteiger partial charge >= 0.3 is 6.09 Å². The van der Waals surface area contributed by atoms with Crippen molar-refractivity contribution in [2.45, 2.75) is 6.92 Å². The van der Waals surface area contributed by atoms with Crippen molar-refractivity contribution in [3.63, 3.8) is 0 Å². The molecule has 25 heavy (non-hydrogen) atoms. The van der Waals surface area contributed by atoms with Crippen LogP contribution >= 0.6 is 0 Å². The van der Waals surface area contributed by atoms with Gasteiger partial charge < -0.3 is 14.8 Å². The van der Waals surface area contributed by atoms with E-state index in [1.165, 1.54) is 18.1 Å². The molecule has 1 amide bonds. The van der Waals surface area contributed by atoms with Crippen LogP contribution < -0.4 is 15.0 Å². The van der Waals surface area contributed by atoms with Crippen molar-refractivity contribution in [1.29, 1.82) is 0 Å². The van der Waals surface area contributed by atoms with E-state index in [9.17, 15) is 14.9 Å². The summed E-state index contributed by atoms with van der Waals surface area (Å²) >= 11 is 0. The quantitative estimate of drug-likeness (QED) is 0.658. The van der Waals surface area contributed by atoms with Crippen LogP contribution in [0.1, 0.15) is 5.56 Å². The Bertz CT molecular complexity index is 837. The molecule has 130 valence electrons. The van der Waals surface area contributed by atoms with E-state index in [0.717, 1.165) is 5.69 Å². The van der Waals surface area contributed by atoms with E-state index in [4.69, 9.17) is 9.47 Å². The summed E-state index contributed by atoms with van der Waals surface area (Å²) in [5, 5.41) is 14.1. The van der Waals surface area contributed by atoms with Gasteiger partial charge in [-0.05, 0) is 37.3 Å². The highest BCUT2D eigenvalue weighted by atomic mass is 16.6. The first-order valence-corrected chi connectivity index (χ1v) is 7.64. The molecular weight excluding hydrogens is 326 g/mol. The van der Waals surface area contributed by atoms with Gasteiger partial charge in [-0.2, -0.15) is 0 Å². The van der Waals surface area contributed by atoms with Gasteiger partial charge in [0.1, 0.15) is 12.4 Å². The maximum absolute atomic E-state index is 11.8. The molecule has 0 aromatic heterocycles. The molecule has 1 saturated heterocycles.